The summed E-state index contributed by atoms with van der Waals surface area (Å²) in [7, 11) is 0. The Bertz CT molecular complexity index is 1060. The summed E-state index contributed by atoms with van der Waals surface area (Å²) in [5, 5.41) is 0. The third kappa shape index (κ3) is 6.29. The number of carbonyl (C=O) groups is 1. The smallest absolute Gasteiger partial charge is 0.255 e. The number of benzene rings is 2. The van der Waals surface area contributed by atoms with Gasteiger partial charge in [0.05, 0.1) is 12.2 Å². The molecular weight excluding hydrogens is 434 g/mol. The zero-order valence-electron chi connectivity index (χ0n) is 20.4. The van der Waals surface area contributed by atoms with Gasteiger partial charge in [-0.1, -0.05) is 42.5 Å². The van der Waals surface area contributed by atoms with Crippen molar-refractivity contribution >= 4 is 5.91 Å². The SMILES string of the molecule is O=C(c1cccnc1)N1CCC[C@H](COc2ccc(CN3CCC(c4ccccc4)CC3)cc2)C1. The molecule has 3 heterocycles. The topological polar surface area (TPSA) is 45.7 Å². The summed E-state index contributed by atoms with van der Waals surface area (Å²) in [4.78, 5) is 21.3. The van der Waals surface area contributed by atoms with E-state index in [1.54, 1.807) is 12.4 Å². The van der Waals surface area contributed by atoms with Crippen LogP contribution in [0.5, 0.6) is 5.75 Å². The Morgan fingerprint density at radius 1 is 0.914 bits per heavy atom. The van der Waals surface area contributed by atoms with Gasteiger partial charge in [0.1, 0.15) is 5.75 Å². The highest BCUT2D eigenvalue weighted by atomic mass is 16.5. The Morgan fingerprint density at radius 2 is 1.71 bits per heavy atom. The van der Waals surface area contributed by atoms with Gasteiger partial charge < -0.3 is 9.64 Å². The third-order valence-corrected chi connectivity index (χ3v) is 7.39. The van der Waals surface area contributed by atoms with Crippen molar-refractivity contribution < 1.29 is 9.53 Å². The predicted octanol–water partition coefficient (Wildman–Crippen LogP) is 5.39. The standard InChI is InChI=1S/C30H35N3O2/c34-30(28-9-4-16-31-20-28)33-17-5-6-25(22-33)23-35-29-12-10-24(11-13-29)21-32-18-14-27(15-19-32)26-7-2-1-3-8-26/h1-4,7-13,16,20,25,27H,5-6,14-15,17-19,21-23H2/t25-/m0/s1. The summed E-state index contributed by atoms with van der Waals surface area (Å²) in [6.07, 6.45) is 7.91. The second kappa shape index (κ2) is 11.5. The van der Waals surface area contributed by atoms with E-state index in [1.165, 1.54) is 24.0 Å². The number of hydrogen-bond acceptors (Lipinski definition) is 4. The van der Waals surface area contributed by atoms with Gasteiger partial charge >= 0.3 is 0 Å². The number of ether oxygens (including phenoxy) is 1. The lowest BCUT2D eigenvalue weighted by Crippen LogP contribution is -2.41. The highest BCUT2D eigenvalue weighted by Crippen LogP contribution is 2.28. The highest BCUT2D eigenvalue weighted by molar-refractivity contribution is 5.93. The van der Waals surface area contributed by atoms with Crippen LogP contribution < -0.4 is 4.74 Å². The molecule has 1 amide bonds. The normalized spacial score (nSPS) is 19.4. The van der Waals surface area contributed by atoms with Gasteiger partial charge in [-0.2, -0.15) is 0 Å². The van der Waals surface area contributed by atoms with E-state index in [2.05, 4.69) is 64.5 Å². The van der Waals surface area contributed by atoms with Crippen LogP contribution in [-0.2, 0) is 6.54 Å². The number of rotatable bonds is 7. The lowest BCUT2D eigenvalue weighted by Gasteiger charge is -2.33. The molecule has 0 bridgehead atoms. The molecule has 5 heteroatoms. The van der Waals surface area contributed by atoms with E-state index in [-0.39, 0.29) is 5.91 Å². The third-order valence-electron chi connectivity index (χ3n) is 7.39. The van der Waals surface area contributed by atoms with E-state index in [4.69, 9.17) is 4.74 Å². The summed E-state index contributed by atoms with van der Waals surface area (Å²) in [6, 6.07) is 23.1. The molecule has 2 fully saturated rings. The molecule has 0 radical (unpaired) electrons. The summed E-state index contributed by atoms with van der Waals surface area (Å²) in [5.41, 5.74) is 3.48. The fraction of sp³-hybridized carbons (Fsp3) is 0.400. The quantitative estimate of drug-likeness (QED) is 0.465. The van der Waals surface area contributed by atoms with Crippen LogP contribution in [0.1, 0.15) is 53.1 Å². The van der Waals surface area contributed by atoms with Crippen LogP contribution in [-0.4, -0.2) is 53.5 Å². The predicted molar refractivity (Wildman–Crippen MR) is 138 cm³/mol. The molecule has 0 saturated carbocycles. The minimum atomic E-state index is 0.0694. The number of aromatic nitrogens is 1. The average molecular weight is 470 g/mol. The van der Waals surface area contributed by atoms with Crippen LogP contribution in [0.3, 0.4) is 0 Å². The fourth-order valence-electron chi connectivity index (χ4n) is 5.37. The van der Waals surface area contributed by atoms with E-state index in [1.807, 2.05) is 17.0 Å². The summed E-state index contributed by atoms with van der Waals surface area (Å²) in [6.45, 7) is 5.48. The van der Waals surface area contributed by atoms with Crippen molar-refractivity contribution in [3.05, 3.63) is 95.8 Å². The molecule has 1 atom stereocenters. The summed E-state index contributed by atoms with van der Waals surface area (Å²) in [5.74, 6) is 2.03. The molecule has 2 aliphatic rings. The van der Waals surface area contributed by atoms with Gasteiger partial charge in [-0.15, -0.1) is 0 Å². The van der Waals surface area contributed by atoms with Crippen LogP contribution >= 0.6 is 0 Å². The maximum Gasteiger partial charge on any atom is 0.255 e. The average Bonchev–Trinajstić information content (AvgIpc) is 2.94. The van der Waals surface area contributed by atoms with Gasteiger partial charge in [-0.3, -0.25) is 14.7 Å². The van der Waals surface area contributed by atoms with Gasteiger partial charge in [-0.05, 0) is 80.1 Å². The van der Waals surface area contributed by atoms with Crippen LogP contribution in [0.15, 0.2) is 79.1 Å². The molecule has 2 aliphatic heterocycles. The maximum atomic E-state index is 12.8. The molecule has 182 valence electrons. The molecule has 3 aromatic rings. The second-order valence-corrected chi connectivity index (χ2v) is 9.92. The zero-order valence-corrected chi connectivity index (χ0v) is 20.4. The molecule has 0 N–H and O–H groups in total. The number of pyridine rings is 1. The van der Waals surface area contributed by atoms with Crippen molar-refractivity contribution in [3.8, 4) is 5.75 Å². The number of piperidine rings is 2. The molecular formula is C30H35N3O2. The van der Waals surface area contributed by atoms with Crippen molar-refractivity contribution in [2.24, 2.45) is 5.92 Å². The van der Waals surface area contributed by atoms with Crippen molar-refractivity contribution in [2.75, 3.05) is 32.8 Å². The monoisotopic (exact) mass is 469 g/mol. The van der Waals surface area contributed by atoms with Crippen LogP contribution in [0.2, 0.25) is 0 Å². The number of amides is 1. The first kappa shape index (κ1) is 23.6. The van der Waals surface area contributed by atoms with E-state index < -0.39 is 0 Å². The van der Waals surface area contributed by atoms with Gasteiger partial charge in [-0.25, -0.2) is 0 Å². The van der Waals surface area contributed by atoms with Gasteiger partial charge in [0.15, 0.2) is 0 Å². The molecule has 5 nitrogen and oxygen atoms in total. The van der Waals surface area contributed by atoms with Crippen molar-refractivity contribution in [2.45, 2.75) is 38.1 Å². The Morgan fingerprint density at radius 3 is 2.46 bits per heavy atom. The van der Waals surface area contributed by atoms with Gasteiger partial charge in [0.2, 0.25) is 0 Å². The van der Waals surface area contributed by atoms with Crippen LogP contribution in [0.4, 0.5) is 0 Å². The number of hydrogen-bond donors (Lipinski definition) is 0. The molecule has 1 aromatic heterocycles. The first-order valence-corrected chi connectivity index (χ1v) is 12.9. The Labute approximate surface area is 208 Å². The largest absolute Gasteiger partial charge is 0.493 e. The molecule has 0 unspecified atom stereocenters. The van der Waals surface area contributed by atoms with E-state index >= 15 is 0 Å². The minimum Gasteiger partial charge on any atom is -0.493 e. The van der Waals surface area contributed by atoms with Crippen molar-refractivity contribution in [1.29, 1.82) is 0 Å². The van der Waals surface area contributed by atoms with E-state index in [0.29, 0.717) is 24.0 Å². The first-order valence-electron chi connectivity index (χ1n) is 12.9. The molecule has 0 aliphatic carbocycles. The van der Waals surface area contributed by atoms with Crippen LogP contribution in [0.25, 0.3) is 0 Å². The number of carbonyl (C=O) groups excluding carboxylic acids is 1. The fourth-order valence-corrected chi connectivity index (χ4v) is 5.37. The molecule has 2 saturated heterocycles. The molecule has 5 rings (SSSR count). The Hall–Kier alpha value is -3.18. The summed E-state index contributed by atoms with van der Waals surface area (Å²) < 4.78 is 6.12. The Balaban J connectivity index is 1.06. The molecule has 2 aromatic carbocycles. The Kier molecular flexibility index (Phi) is 7.74. The minimum absolute atomic E-state index is 0.0694. The lowest BCUT2D eigenvalue weighted by atomic mass is 9.89. The zero-order chi connectivity index (χ0) is 23.9. The van der Waals surface area contributed by atoms with Gasteiger partial charge in [0.25, 0.3) is 5.91 Å². The second-order valence-electron chi connectivity index (χ2n) is 9.92. The first-order chi connectivity index (χ1) is 17.2. The van der Waals surface area contributed by atoms with E-state index in [0.717, 1.165) is 51.3 Å². The van der Waals surface area contributed by atoms with Crippen LogP contribution in [0, 0.1) is 5.92 Å². The molecule has 35 heavy (non-hydrogen) atoms. The number of nitrogens with zero attached hydrogens (tertiary/aromatic N) is 3. The van der Waals surface area contributed by atoms with Crippen molar-refractivity contribution in [3.63, 3.8) is 0 Å². The number of likely N-dealkylation sites (tertiary alicyclic amines) is 2. The van der Waals surface area contributed by atoms with E-state index in [9.17, 15) is 4.79 Å². The van der Waals surface area contributed by atoms with Crippen molar-refractivity contribution in [1.82, 2.24) is 14.8 Å². The summed E-state index contributed by atoms with van der Waals surface area (Å²) >= 11 is 0. The lowest BCUT2D eigenvalue weighted by molar-refractivity contribution is 0.0633. The molecule has 0 spiro atoms. The highest BCUT2D eigenvalue weighted by Gasteiger charge is 2.25. The maximum absolute atomic E-state index is 12.8. The van der Waals surface area contributed by atoms with Gasteiger partial charge in [0, 0.05) is 37.9 Å².